The molecule has 6 heteroatoms. The zero-order valence-corrected chi connectivity index (χ0v) is 16.2. The molecule has 0 atom stereocenters. The lowest BCUT2D eigenvalue weighted by Gasteiger charge is -2.35. The Morgan fingerprint density at radius 3 is 2.63 bits per heavy atom. The number of anilines is 1. The maximum atomic E-state index is 5.82. The number of piperazine rings is 1. The molecule has 0 bridgehead atoms. The monoisotopic (exact) mass is 366 g/mol. The average molecular weight is 367 g/mol. The zero-order chi connectivity index (χ0) is 18.4. The average Bonchev–Trinajstić information content (AvgIpc) is 3.41. The summed E-state index contributed by atoms with van der Waals surface area (Å²) in [7, 11) is 2.20. The summed E-state index contributed by atoms with van der Waals surface area (Å²) in [5, 5.41) is 5.05. The Morgan fingerprint density at radius 2 is 1.93 bits per heavy atom. The number of nitrogens with two attached hydrogens (primary N) is 1. The molecule has 0 aromatic carbocycles. The SMILES string of the molecule is CN1CCN(c2cccnc2-c2cn([C@H]3C[C@H](CN)C3)nc2C2CC2)CC1. The van der Waals surface area contributed by atoms with Crippen molar-refractivity contribution in [2.75, 3.05) is 44.7 Å². The number of rotatable bonds is 5. The maximum absolute atomic E-state index is 5.82. The molecule has 2 N–H and O–H groups in total. The molecule has 3 fully saturated rings. The number of likely N-dealkylation sites (N-methyl/N-ethyl adjacent to an activating group) is 1. The van der Waals surface area contributed by atoms with Crippen LogP contribution in [0.15, 0.2) is 24.5 Å². The third kappa shape index (κ3) is 3.25. The number of nitrogens with zero attached hydrogens (tertiary/aromatic N) is 5. The van der Waals surface area contributed by atoms with Gasteiger partial charge < -0.3 is 15.5 Å². The summed E-state index contributed by atoms with van der Waals surface area (Å²) in [6.07, 6.45) is 9.04. The molecule has 144 valence electrons. The van der Waals surface area contributed by atoms with E-state index in [0.717, 1.165) is 51.3 Å². The highest BCUT2D eigenvalue weighted by molar-refractivity contribution is 5.77. The van der Waals surface area contributed by atoms with Crippen molar-refractivity contribution < 1.29 is 0 Å². The van der Waals surface area contributed by atoms with E-state index in [9.17, 15) is 0 Å². The molecule has 0 amide bonds. The van der Waals surface area contributed by atoms with Crippen LogP contribution >= 0.6 is 0 Å². The van der Waals surface area contributed by atoms with Gasteiger partial charge in [-0.05, 0) is 57.3 Å². The molecule has 2 aliphatic carbocycles. The minimum atomic E-state index is 0.514. The molecule has 27 heavy (non-hydrogen) atoms. The summed E-state index contributed by atoms with van der Waals surface area (Å²) in [4.78, 5) is 9.72. The van der Waals surface area contributed by atoms with Crippen molar-refractivity contribution in [1.29, 1.82) is 0 Å². The zero-order valence-electron chi connectivity index (χ0n) is 16.2. The Kier molecular flexibility index (Phi) is 4.40. The van der Waals surface area contributed by atoms with Crippen molar-refractivity contribution in [2.24, 2.45) is 11.7 Å². The molecule has 5 rings (SSSR count). The number of hydrogen-bond donors (Lipinski definition) is 1. The normalized spacial score (nSPS) is 26.2. The second-order valence-corrected chi connectivity index (χ2v) is 8.57. The van der Waals surface area contributed by atoms with E-state index < -0.39 is 0 Å². The first kappa shape index (κ1) is 17.2. The Balaban J connectivity index is 1.48. The Labute approximate surface area is 161 Å². The van der Waals surface area contributed by atoms with Gasteiger partial charge in [0.1, 0.15) is 0 Å². The number of aromatic nitrogens is 3. The molecule has 0 unspecified atom stereocenters. The molecule has 0 spiro atoms. The van der Waals surface area contributed by atoms with Crippen LogP contribution in [0.2, 0.25) is 0 Å². The van der Waals surface area contributed by atoms with E-state index >= 15 is 0 Å². The molecule has 6 nitrogen and oxygen atoms in total. The van der Waals surface area contributed by atoms with Gasteiger partial charge in [0.15, 0.2) is 0 Å². The van der Waals surface area contributed by atoms with Crippen LogP contribution in [-0.4, -0.2) is 59.4 Å². The predicted molar refractivity (Wildman–Crippen MR) is 108 cm³/mol. The predicted octanol–water partition coefficient (Wildman–Crippen LogP) is 2.48. The van der Waals surface area contributed by atoms with Crippen molar-refractivity contribution >= 4 is 5.69 Å². The highest BCUT2D eigenvalue weighted by atomic mass is 15.3. The Hall–Kier alpha value is -1.92. The lowest BCUT2D eigenvalue weighted by atomic mass is 9.80. The number of pyridine rings is 1. The largest absolute Gasteiger partial charge is 0.367 e. The van der Waals surface area contributed by atoms with Crippen molar-refractivity contribution in [3.05, 3.63) is 30.2 Å². The van der Waals surface area contributed by atoms with E-state index in [1.54, 1.807) is 0 Å². The summed E-state index contributed by atoms with van der Waals surface area (Å²) in [6, 6.07) is 4.81. The van der Waals surface area contributed by atoms with Gasteiger partial charge in [0.25, 0.3) is 0 Å². The van der Waals surface area contributed by atoms with Crippen LogP contribution in [0.1, 0.15) is 43.3 Å². The van der Waals surface area contributed by atoms with Crippen molar-refractivity contribution in [3.63, 3.8) is 0 Å². The van der Waals surface area contributed by atoms with Crippen LogP contribution in [0, 0.1) is 5.92 Å². The van der Waals surface area contributed by atoms with E-state index in [1.165, 1.54) is 29.8 Å². The fourth-order valence-corrected chi connectivity index (χ4v) is 4.45. The van der Waals surface area contributed by atoms with E-state index in [1.807, 2.05) is 6.20 Å². The van der Waals surface area contributed by atoms with Gasteiger partial charge in [0.05, 0.1) is 23.1 Å². The van der Waals surface area contributed by atoms with Gasteiger partial charge in [0.2, 0.25) is 0 Å². The first-order valence-electron chi connectivity index (χ1n) is 10.4. The third-order valence-electron chi connectivity index (χ3n) is 6.53. The van der Waals surface area contributed by atoms with Crippen LogP contribution in [0.25, 0.3) is 11.3 Å². The van der Waals surface area contributed by atoms with Crippen LogP contribution in [0.4, 0.5) is 5.69 Å². The lowest BCUT2D eigenvalue weighted by molar-refractivity contribution is 0.189. The Bertz CT molecular complexity index is 797. The summed E-state index contributed by atoms with van der Waals surface area (Å²) in [5.74, 6) is 1.29. The minimum Gasteiger partial charge on any atom is -0.367 e. The molecule has 2 aromatic heterocycles. The topological polar surface area (TPSA) is 63.2 Å². The van der Waals surface area contributed by atoms with Gasteiger partial charge >= 0.3 is 0 Å². The number of hydrogen-bond acceptors (Lipinski definition) is 5. The highest BCUT2D eigenvalue weighted by Gasteiger charge is 2.35. The van der Waals surface area contributed by atoms with E-state index in [2.05, 4.69) is 39.9 Å². The fraction of sp³-hybridized carbons (Fsp3) is 0.619. The maximum Gasteiger partial charge on any atom is 0.0969 e. The standard InChI is InChI=1S/C21H30N6/c1-25-7-9-26(10-8-25)19-3-2-6-23-21(19)18-14-27(17-11-15(12-17)13-22)24-20(18)16-4-5-16/h2-3,6,14-17H,4-5,7-13,22H2,1H3/t15-,17-. The minimum absolute atomic E-state index is 0.514. The summed E-state index contributed by atoms with van der Waals surface area (Å²) in [6.45, 7) is 5.12. The van der Waals surface area contributed by atoms with Gasteiger partial charge in [-0.3, -0.25) is 9.67 Å². The van der Waals surface area contributed by atoms with Crippen LogP contribution in [0.5, 0.6) is 0 Å². The molecule has 3 aliphatic rings. The lowest BCUT2D eigenvalue weighted by Crippen LogP contribution is -2.44. The second kappa shape index (κ2) is 6.91. The third-order valence-corrected chi connectivity index (χ3v) is 6.53. The van der Waals surface area contributed by atoms with Crippen LogP contribution in [-0.2, 0) is 0 Å². The molecule has 1 aliphatic heterocycles. The molecule has 0 radical (unpaired) electrons. The van der Waals surface area contributed by atoms with Crippen molar-refractivity contribution in [2.45, 2.75) is 37.6 Å². The molecular formula is C21H30N6. The van der Waals surface area contributed by atoms with Crippen molar-refractivity contribution in [1.82, 2.24) is 19.7 Å². The van der Waals surface area contributed by atoms with Gasteiger partial charge in [-0.25, -0.2) is 0 Å². The summed E-state index contributed by atoms with van der Waals surface area (Å²) < 4.78 is 2.22. The highest BCUT2D eigenvalue weighted by Crippen LogP contribution is 2.46. The van der Waals surface area contributed by atoms with Gasteiger partial charge in [-0.15, -0.1) is 0 Å². The fourth-order valence-electron chi connectivity index (χ4n) is 4.45. The molecule has 3 heterocycles. The quantitative estimate of drug-likeness (QED) is 0.881. The molecular weight excluding hydrogens is 336 g/mol. The van der Waals surface area contributed by atoms with Crippen LogP contribution < -0.4 is 10.6 Å². The summed E-state index contributed by atoms with van der Waals surface area (Å²) >= 11 is 0. The Morgan fingerprint density at radius 1 is 1.15 bits per heavy atom. The molecule has 1 saturated heterocycles. The van der Waals surface area contributed by atoms with Gasteiger partial charge in [-0.2, -0.15) is 5.10 Å². The smallest absolute Gasteiger partial charge is 0.0969 e. The molecule has 2 saturated carbocycles. The van der Waals surface area contributed by atoms with Crippen molar-refractivity contribution in [3.8, 4) is 11.3 Å². The second-order valence-electron chi connectivity index (χ2n) is 8.57. The van der Waals surface area contributed by atoms with E-state index in [-0.39, 0.29) is 0 Å². The van der Waals surface area contributed by atoms with Gasteiger partial charge in [0, 0.05) is 50.1 Å². The van der Waals surface area contributed by atoms with Gasteiger partial charge in [-0.1, -0.05) is 0 Å². The first-order chi connectivity index (χ1) is 13.2. The van der Waals surface area contributed by atoms with Crippen LogP contribution in [0.3, 0.4) is 0 Å². The summed E-state index contributed by atoms with van der Waals surface area (Å²) in [5.41, 5.74) is 10.7. The molecule has 2 aromatic rings. The van der Waals surface area contributed by atoms with E-state index in [0.29, 0.717) is 17.9 Å². The first-order valence-corrected chi connectivity index (χ1v) is 10.4. The van der Waals surface area contributed by atoms with E-state index in [4.69, 9.17) is 15.8 Å².